The first kappa shape index (κ1) is 12.6. The lowest BCUT2D eigenvalue weighted by molar-refractivity contribution is -0.384. The van der Waals surface area contributed by atoms with Gasteiger partial charge in [-0.2, -0.15) is 4.98 Å². The van der Waals surface area contributed by atoms with Gasteiger partial charge in [0, 0.05) is 0 Å². The number of nitrogen functional groups attached to an aromatic ring is 1. The minimum Gasteiger partial charge on any atom is -0.474 e. The van der Waals surface area contributed by atoms with Crippen LogP contribution in [0.2, 0.25) is 0 Å². The van der Waals surface area contributed by atoms with Crippen molar-refractivity contribution in [3.63, 3.8) is 0 Å². The molecule has 0 amide bonds. The molecule has 18 heavy (non-hydrogen) atoms. The molecule has 98 valence electrons. The van der Waals surface area contributed by atoms with Crippen LogP contribution in [0.15, 0.2) is 12.1 Å². The van der Waals surface area contributed by atoms with Crippen LogP contribution in [0.4, 0.5) is 11.5 Å². The molecule has 0 spiro atoms. The van der Waals surface area contributed by atoms with Crippen LogP contribution in [0.5, 0.6) is 5.88 Å². The zero-order valence-corrected chi connectivity index (χ0v) is 10.3. The second kappa shape index (κ2) is 5.20. The molecule has 2 N–H and O–H groups in total. The van der Waals surface area contributed by atoms with Gasteiger partial charge in [-0.1, -0.05) is 13.3 Å². The van der Waals surface area contributed by atoms with Crippen molar-refractivity contribution in [2.75, 3.05) is 5.73 Å². The highest BCUT2D eigenvalue weighted by molar-refractivity contribution is 5.45. The number of aromatic nitrogens is 1. The normalized spacial score (nSPS) is 23.6. The van der Waals surface area contributed by atoms with Crippen LogP contribution < -0.4 is 10.5 Å². The minimum absolute atomic E-state index is 0.0821. The summed E-state index contributed by atoms with van der Waals surface area (Å²) in [5, 5.41) is 10.7. The molecule has 0 radical (unpaired) electrons. The van der Waals surface area contributed by atoms with Gasteiger partial charge in [0.05, 0.1) is 17.1 Å². The van der Waals surface area contributed by atoms with Crippen LogP contribution in [0.1, 0.15) is 32.6 Å². The smallest absolute Gasteiger partial charge is 0.278 e. The maximum absolute atomic E-state index is 10.7. The first-order chi connectivity index (χ1) is 8.54. The van der Waals surface area contributed by atoms with Gasteiger partial charge in [-0.15, -0.1) is 0 Å². The van der Waals surface area contributed by atoms with Gasteiger partial charge >= 0.3 is 0 Å². The van der Waals surface area contributed by atoms with Crippen LogP contribution in [0.25, 0.3) is 0 Å². The van der Waals surface area contributed by atoms with Gasteiger partial charge < -0.3 is 10.5 Å². The Morgan fingerprint density at radius 3 is 2.94 bits per heavy atom. The molecule has 1 saturated carbocycles. The maximum Gasteiger partial charge on any atom is 0.278 e. The van der Waals surface area contributed by atoms with Crippen molar-refractivity contribution >= 4 is 11.5 Å². The predicted octanol–water partition coefficient (Wildman–Crippen LogP) is 2.53. The van der Waals surface area contributed by atoms with E-state index in [1.807, 2.05) is 0 Å². The fraction of sp³-hybridized carbons (Fsp3) is 0.583. The third-order valence-corrected chi connectivity index (χ3v) is 3.19. The van der Waals surface area contributed by atoms with Gasteiger partial charge in [-0.05, 0) is 25.2 Å². The predicted molar refractivity (Wildman–Crippen MR) is 67.4 cm³/mol. The van der Waals surface area contributed by atoms with E-state index in [9.17, 15) is 10.1 Å². The molecule has 0 bridgehead atoms. The number of ether oxygens (including phenoxy) is 1. The van der Waals surface area contributed by atoms with E-state index < -0.39 is 4.92 Å². The highest BCUT2D eigenvalue weighted by atomic mass is 16.6. The summed E-state index contributed by atoms with van der Waals surface area (Å²) in [5.74, 6) is 0.989. The molecule has 6 heteroatoms. The Balaban J connectivity index is 2.10. The average Bonchev–Trinajstić information content (AvgIpc) is 2.28. The fourth-order valence-electron chi connectivity index (χ4n) is 2.33. The van der Waals surface area contributed by atoms with Gasteiger partial charge in [-0.3, -0.25) is 10.1 Å². The van der Waals surface area contributed by atoms with Crippen molar-refractivity contribution in [3.05, 3.63) is 22.2 Å². The van der Waals surface area contributed by atoms with Gasteiger partial charge in [0.1, 0.15) is 11.9 Å². The second-order valence-electron chi connectivity index (χ2n) is 4.86. The largest absolute Gasteiger partial charge is 0.474 e. The highest BCUT2D eigenvalue weighted by Crippen LogP contribution is 2.28. The van der Waals surface area contributed by atoms with Gasteiger partial charge in [0.15, 0.2) is 0 Å². The Morgan fingerprint density at radius 1 is 1.50 bits per heavy atom. The molecule has 2 unspecified atom stereocenters. The Labute approximate surface area is 105 Å². The van der Waals surface area contributed by atoms with Crippen LogP contribution in [0, 0.1) is 16.0 Å². The van der Waals surface area contributed by atoms with Gasteiger partial charge in [-0.25, -0.2) is 0 Å². The van der Waals surface area contributed by atoms with Crippen LogP contribution in [-0.2, 0) is 0 Å². The molecule has 1 aromatic heterocycles. The Kier molecular flexibility index (Phi) is 3.64. The van der Waals surface area contributed by atoms with Crippen LogP contribution >= 0.6 is 0 Å². The summed E-state index contributed by atoms with van der Waals surface area (Å²) in [6.07, 6.45) is 4.35. The number of pyridine rings is 1. The fourth-order valence-corrected chi connectivity index (χ4v) is 2.33. The van der Waals surface area contributed by atoms with Crippen LogP contribution in [-0.4, -0.2) is 16.0 Å². The molecule has 0 aromatic carbocycles. The second-order valence-corrected chi connectivity index (χ2v) is 4.86. The monoisotopic (exact) mass is 251 g/mol. The van der Waals surface area contributed by atoms with E-state index in [4.69, 9.17) is 10.5 Å². The summed E-state index contributed by atoms with van der Waals surface area (Å²) >= 11 is 0. The standard InChI is InChI=1S/C12H17N3O3/c1-8-3-2-4-10(5-8)18-12-7-9(15(16)17)6-11(13)14-12/h6-8,10H,2-5H2,1H3,(H2,13,14). The first-order valence-electron chi connectivity index (χ1n) is 6.13. The molecule has 1 fully saturated rings. The number of nitrogens with two attached hydrogens (primary N) is 1. The average molecular weight is 251 g/mol. The van der Waals surface area contributed by atoms with E-state index in [0.29, 0.717) is 5.92 Å². The van der Waals surface area contributed by atoms with Crippen molar-refractivity contribution in [2.24, 2.45) is 5.92 Å². The Hall–Kier alpha value is -1.85. The summed E-state index contributed by atoms with van der Waals surface area (Å²) in [7, 11) is 0. The van der Waals surface area contributed by atoms with E-state index in [2.05, 4.69) is 11.9 Å². The molecular weight excluding hydrogens is 234 g/mol. The van der Waals surface area contributed by atoms with Crippen molar-refractivity contribution < 1.29 is 9.66 Å². The molecule has 1 aliphatic carbocycles. The quantitative estimate of drug-likeness (QED) is 0.658. The maximum atomic E-state index is 10.7. The van der Waals surface area contributed by atoms with Gasteiger partial charge in [0.25, 0.3) is 5.69 Å². The first-order valence-corrected chi connectivity index (χ1v) is 6.13. The third-order valence-electron chi connectivity index (χ3n) is 3.19. The zero-order valence-electron chi connectivity index (χ0n) is 10.3. The number of rotatable bonds is 3. The molecule has 6 nitrogen and oxygen atoms in total. The molecule has 2 rings (SSSR count). The van der Waals surface area contributed by atoms with Crippen LogP contribution in [0.3, 0.4) is 0 Å². The molecule has 1 aromatic rings. The number of nitrogens with zero attached hydrogens (tertiary/aromatic N) is 2. The van der Waals surface area contributed by atoms with E-state index in [1.54, 1.807) is 0 Å². The summed E-state index contributed by atoms with van der Waals surface area (Å²) in [5.41, 5.74) is 5.45. The summed E-state index contributed by atoms with van der Waals surface area (Å²) in [6.45, 7) is 2.19. The molecule has 1 aliphatic rings. The summed E-state index contributed by atoms with van der Waals surface area (Å²) < 4.78 is 5.70. The summed E-state index contributed by atoms with van der Waals surface area (Å²) in [4.78, 5) is 14.2. The third kappa shape index (κ3) is 3.09. The topological polar surface area (TPSA) is 91.3 Å². The zero-order chi connectivity index (χ0) is 13.1. The highest BCUT2D eigenvalue weighted by Gasteiger charge is 2.21. The van der Waals surface area contributed by atoms with Gasteiger partial charge in [0.2, 0.25) is 5.88 Å². The lowest BCUT2D eigenvalue weighted by atomic mass is 9.89. The van der Waals surface area contributed by atoms with E-state index in [0.717, 1.165) is 19.3 Å². The molecular formula is C12H17N3O3. The number of anilines is 1. The van der Waals surface area contributed by atoms with E-state index >= 15 is 0 Å². The van der Waals surface area contributed by atoms with E-state index in [1.165, 1.54) is 18.6 Å². The Bertz CT molecular complexity index is 450. The van der Waals surface area contributed by atoms with E-state index in [-0.39, 0.29) is 23.5 Å². The van der Waals surface area contributed by atoms with Crippen molar-refractivity contribution in [2.45, 2.75) is 38.7 Å². The SMILES string of the molecule is CC1CCCC(Oc2cc([N+](=O)[O-])cc(N)n2)C1. The van der Waals surface area contributed by atoms with Crippen molar-refractivity contribution in [1.82, 2.24) is 4.98 Å². The number of nitro groups is 1. The lowest BCUT2D eigenvalue weighted by Gasteiger charge is -2.26. The summed E-state index contributed by atoms with van der Waals surface area (Å²) in [6, 6.07) is 2.56. The molecule has 0 aliphatic heterocycles. The van der Waals surface area contributed by atoms with Crippen molar-refractivity contribution in [1.29, 1.82) is 0 Å². The number of hydrogen-bond donors (Lipinski definition) is 1. The molecule has 2 atom stereocenters. The lowest BCUT2D eigenvalue weighted by Crippen LogP contribution is -2.24. The number of hydrogen-bond acceptors (Lipinski definition) is 5. The molecule has 1 heterocycles. The molecule has 0 saturated heterocycles. The minimum atomic E-state index is -0.492. The Morgan fingerprint density at radius 2 is 2.28 bits per heavy atom. The van der Waals surface area contributed by atoms with Crippen molar-refractivity contribution in [3.8, 4) is 5.88 Å².